The minimum absolute atomic E-state index is 0.0159. The van der Waals surface area contributed by atoms with Crippen molar-refractivity contribution in [3.8, 4) is 0 Å². The summed E-state index contributed by atoms with van der Waals surface area (Å²) in [7, 11) is 0. The third-order valence-corrected chi connectivity index (χ3v) is 5.35. The number of nitrogens with zero attached hydrogens (tertiary/aromatic N) is 2. The quantitative estimate of drug-likeness (QED) is 0.760. The van der Waals surface area contributed by atoms with E-state index in [0.717, 1.165) is 25.2 Å². The van der Waals surface area contributed by atoms with Crippen molar-refractivity contribution < 1.29 is 19.1 Å². The second-order valence-corrected chi connectivity index (χ2v) is 7.78. The standard InChI is InChI=1S/C23H27FN2O3/c1-16-12-25(14-18-6-8-20(9-7-18)22(28)15-27)13-17(2)26(16)23(29)11-19-4-3-5-21(24)10-19/h3-10,16-17,27H,11-15H2,1-2H3/t16-,17+. The van der Waals surface area contributed by atoms with Crippen LogP contribution in [0, 0.1) is 5.82 Å². The van der Waals surface area contributed by atoms with E-state index in [1.807, 2.05) is 30.9 Å². The molecule has 0 aliphatic carbocycles. The Morgan fingerprint density at radius 1 is 1.03 bits per heavy atom. The Balaban J connectivity index is 1.60. The molecule has 0 aromatic heterocycles. The van der Waals surface area contributed by atoms with Crippen LogP contribution in [0.1, 0.15) is 35.3 Å². The fourth-order valence-corrected chi connectivity index (χ4v) is 4.11. The largest absolute Gasteiger partial charge is 0.388 e. The van der Waals surface area contributed by atoms with E-state index in [9.17, 15) is 14.0 Å². The highest BCUT2D eigenvalue weighted by Crippen LogP contribution is 2.20. The van der Waals surface area contributed by atoms with Crippen molar-refractivity contribution in [2.75, 3.05) is 19.7 Å². The van der Waals surface area contributed by atoms with Crippen LogP contribution in [0.15, 0.2) is 48.5 Å². The van der Waals surface area contributed by atoms with Crippen molar-refractivity contribution in [2.24, 2.45) is 0 Å². The average Bonchev–Trinajstić information content (AvgIpc) is 2.67. The lowest BCUT2D eigenvalue weighted by atomic mass is 10.0. The fourth-order valence-electron chi connectivity index (χ4n) is 4.11. The second-order valence-electron chi connectivity index (χ2n) is 7.78. The summed E-state index contributed by atoms with van der Waals surface area (Å²) in [5, 5.41) is 8.94. The van der Waals surface area contributed by atoms with Gasteiger partial charge in [-0.3, -0.25) is 14.5 Å². The molecular formula is C23H27FN2O3. The van der Waals surface area contributed by atoms with Gasteiger partial charge in [0, 0.05) is 37.3 Å². The fraction of sp³-hybridized carbons (Fsp3) is 0.391. The van der Waals surface area contributed by atoms with Crippen molar-refractivity contribution in [3.63, 3.8) is 0 Å². The van der Waals surface area contributed by atoms with Crippen LogP contribution in [-0.2, 0) is 17.8 Å². The predicted molar refractivity (Wildman–Crippen MR) is 109 cm³/mol. The lowest BCUT2D eigenvalue weighted by Crippen LogP contribution is -2.58. The van der Waals surface area contributed by atoms with Crippen LogP contribution in [0.5, 0.6) is 0 Å². The molecule has 2 aromatic rings. The first-order valence-corrected chi connectivity index (χ1v) is 9.88. The Kier molecular flexibility index (Phi) is 6.77. The Bertz CT molecular complexity index is 857. The minimum Gasteiger partial charge on any atom is -0.388 e. The maximum absolute atomic E-state index is 13.4. The van der Waals surface area contributed by atoms with E-state index in [-0.39, 0.29) is 36.0 Å². The molecule has 154 valence electrons. The summed E-state index contributed by atoms with van der Waals surface area (Å²) in [4.78, 5) is 28.6. The summed E-state index contributed by atoms with van der Waals surface area (Å²) >= 11 is 0. The molecule has 1 fully saturated rings. The Labute approximate surface area is 170 Å². The van der Waals surface area contributed by atoms with Crippen molar-refractivity contribution >= 4 is 11.7 Å². The zero-order valence-electron chi connectivity index (χ0n) is 16.8. The number of hydrogen-bond acceptors (Lipinski definition) is 4. The summed E-state index contributed by atoms with van der Waals surface area (Å²) in [6.45, 7) is 5.81. The molecule has 1 amide bonds. The molecule has 0 unspecified atom stereocenters. The van der Waals surface area contributed by atoms with E-state index in [2.05, 4.69) is 4.90 Å². The maximum Gasteiger partial charge on any atom is 0.227 e. The number of carbonyl (C=O) groups excluding carboxylic acids is 2. The van der Waals surface area contributed by atoms with Crippen molar-refractivity contribution in [2.45, 2.75) is 38.9 Å². The van der Waals surface area contributed by atoms with Gasteiger partial charge in [-0.1, -0.05) is 36.4 Å². The smallest absolute Gasteiger partial charge is 0.227 e. The van der Waals surface area contributed by atoms with Crippen LogP contribution in [0.4, 0.5) is 4.39 Å². The molecule has 1 aliphatic heterocycles. The van der Waals surface area contributed by atoms with Gasteiger partial charge in [0.1, 0.15) is 12.4 Å². The minimum atomic E-state index is -0.486. The zero-order valence-corrected chi connectivity index (χ0v) is 16.8. The molecule has 6 heteroatoms. The molecule has 3 rings (SSSR count). The molecule has 0 spiro atoms. The Hall–Kier alpha value is -2.57. The van der Waals surface area contributed by atoms with Gasteiger partial charge >= 0.3 is 0 Å². The molecule has 0 bridgehead atoms. The molecule has 2 aromatic carbocycles. The summed E-state index contributed by atoms with van der Waals surface area (Å²) in [6, 6.07) is 13.6. The van der Waals surface area contributed by atoms with E-state index in [4.69, 9.17) is 5.11 Å². The van der Waals surface area contributed by atoms with Gasteiger partial charge in [0.15, 0.2) is 5.78 Å². The number of rotatable bonds is 6. The summed E-state index contributed by atoms with van der Waals surface area (Å²) in [5.41, 5.74) is 2.28. The van der Waals surface area contributed by atoms with E-state index >= 15 is 0 Å². The van der Waals surface area contributed by atoms with Gasteiger partial charge in [0.25, 0.3) is 0 Å². The van der Waals surface area contributed by atoms with Crippen molar-refractivity contribution in [1.82, 2.24) is 9.80 Å². The van der Waals surface area contributed by atoms with Crippen LogP contribution >= 0.6 is 0 Å². The maximum atomic E-state index is 13.4. The summed E-state index contributed by atoms with van der Waals surface area (Å²) in [6.07, 6.45) is 0.201. The van der Waals surface area contributed by atoms with Gasteiger partial charge in [-0.05, 0) is 37.1 Å². The van der Waals surface area contributed by atoms with Crippen LogP contribution in [0.3, 0.4) is 0 Å². The molecule has 5 nitrogen and oxygen atoms in total. The summed E-state index contributed by atoms with van der Waals surface area (Å²) in [5.74, 6) is -0.598. The first-order valence-electron chi connectivity index (χ1n) is 9.88. The van der Waals surface area contributed by atoms with Gasteiger partial charge in [-0.15, -0.1) is 0 Å². The molecule has 1 N–H and O–H groups in total. The number of aliphatic hydroxyl groups excluding tert-OH is 1. The molecule has 1 heterocycles. The lowest BCUT2D eigenvalue weighted by Gasteiger charge is -2.44. The SMILES string of the molecule is C[C@@H]1CN(Cc2ccc(C(=O)CO)cc2)C[C@H](C)N1C(=O)Cc1cccc(F)c1. The van der Waals surface area contributed by atoms with Gasteiger partial charge in [-0.2, -0.15) is 0 Å². The molecular weight excluding hydrogens is 371 g/mol. The number of carbonyl (C=O) groups is 2. The van der Waals surface area contributed by atoms with E-state index in [1.54, 1.807) is 24.3 Å². The van der Waals surface area contributed by atoms with Crippen LogP contribution in [-0.4, -0.2) is 58.4 Å². The van der Waals surface area contributed by atoms with Crippen LogP contribution < -0.4 is 0 Å². The number of Topliss-reactive ketones (excluding diaryl/α,β-unsaturated/α-hetero) is 1. The number of piperazine rings is 1. The van der Waals surface area contributed by atoms with Crippen LogP contribution in [0.2, 0.25) is 0 Å². The predicted octanol–water partition coefficient (Wildman–Crippen LogP) is 2.66. The normalized spacial score (nSPS) is 19.9. The molecule has 1 aliphatic rings. The Morgan fingerprint density at radius 2 is 1.69 bits per heavy atom. The first-order chi connectivity index (χ1) is 13.9. The average molecular weight is 398 g/mol. The third-order valence-electron chi connectivity index (χ3n) is 5.35. The monoisotopic (exact) mass is 398 g/mol. The molecule has 2 atom stereocenters. The number of amides is 1. The van der Waals surface area contributed by atoms with Gasteiger partial charge in [-0.25, -0.2) is 4.39 Å². The highest BCUT2D eigenvalue weighted by atomic mass is 19.1. The number of benzene rings is 2. The lowest BCUT2D eigenvalue weighted by molar-refractivity contribution is -0.138. The van der Waals surface area contributed by atoms with Gasteiger partial charge in [0.2, 0.25) is 5.91 Å². The van der Waals surface area contributed by atoms with Crippen molar-refractivity contribution in [3.05, 3.63) is 71.0 Å². The van der Waals surface area contributed by atoms with E-state index in [1.165, 1.54) is 12.1 Å². The van der Waals surface area contributed by atoms with Gasteiger partial charge < -0.3 is 10.0 Å². The summed E-state index contributed by atoms with van der Waals surface area (Å²) < 4.78 is 13.4. The second kappa shape index (κ2) is 9.29. The number of hydrogen-bond donors (Lipinski definition) is 1. The molecule has 0 radical (unpaired) electrons. The van der Waals surface area contributed by atoms with E-state index in [0.29, 0.717) is 11.1 Å². The molecule has 29 heavy (non-hydrogen) atoms. The number of halogens is 1. The molecule has 0 saturated carbocycles. The van der Waals surface area contributed by atoms with E-state index < -0.39 is 6.61 Å². The number of aliphatic hydroxyl groups is 1. The topological polar surface area (TPSA) is 60.9 Å². The highest BCUT2D eigenvalue weighted by Gasteiger charge is 2.32. The number of ketones is 1. The van der Waals surface area contributed by atoms with Crippen LogP contribution in [0.25, 0.3) is 0 Å². The Morgan fingerprint density at radius 3 is 2.28 bits per heavy atom. The van der Waals surface area contributed by atoms with Crippen molar-refractivity contribution in [1.29, 1.82) is 0 Å². The molecule has 1 saturated heterocycles. The third kappa shape index (κ3) is 5.28. The highest BCUT2D eigenvalue weighted by molar-refractivity contribution is 5.96. The van der Waals surface area contributed by atoms with Gasteiger partial charge in [0.05, 0.1) is 6.42 Å². The first kappa shape index (κ1) is 21.1. The zero-order chi connectivity index (χ0) is 21.0.